The summed E-state index contributed by atoms with van der Waals surface area (Å²) in [4.78, 5) is 11.2. The van der Waals surface area contributed by atoms with Crippen LogP contribution in [0.2, 0.25) is 0 Å². The second-order valence-corrected chi connectivity index (χ2v) is 5.25. The second-order valence-electron chi connectivity index (χ2n) is 5.25. The average Bonchev–Trinajstić information content (AvgIpc) is 2.91. The maximum atomic E-state index is 13.7. The molecule has 2 aromatic carbocycles. The van der Waals surface area contributed by atoms with E-state index in [2.05, 4.69) is 5.32 Å². The first-order valence-corrected chi connectivity index (χ1v) is 7.22. The number of benzene rings is 2. The van der Waals surface area contributed by atoms with Crippen molar-refractivity contribution >= 4 is 16.9 Å². The van der Waals surface area contributed by atoms with E-state index >= 15 is 0 Å². The molecule has 0 saturated carbocycles. The summed E-state index contributed by atoms with van der Waals surface area (Å²) in [5, 5.41) is 3.63. The van der Waals surface area contributed by atoms with Gasteiger partial charge in [-0.2, -0.15) is 0 Å². The standard InChI is InChI=1S/C18H16FNO3/c1-11(21)22-17-9-15(19)7-14-8-16(23-18(14)17)13-5-3-12(4-6-13)10-20-2/h3-9,20H,10H2,1-2H3. The Kier molecular flexibility index (Phi) is 4.12. The fourth-order valence-corrected chi connectivity index (χ4v) is 2.45. The number of nitrogens with one attached hydrogen (secondary N) is 1. The summed E-state index contributed by atoms with van der Waals surface area (Å²) in [7, 11) is 1.89. The van der Waals surface area contributed by atoms with Gasteiger partial charge in [-0.05, 0) is 24.7 Å². The van der Waals surface area contributed by atoms with Crippen LogP contribution in [0.5, 0.6) is 5.75 Å². The Hall–Kier alpha value is -2.66. The molecule has 0 bridgehead atoms. The molecule has 23 heavy (non-hydrogen) atoms. The summed E-state index contributed by atoms with van der Waals surface area (Å²) in [6.07, 6.45) is 0. The normalized spacial score (nSPS) is 10.9. The summed E-state index contributed by atoms with van der Waals surface area (Å²) in [6.45, 7) is 2.04. The zero-order valence-electron chi connectivity index (χ0n) is 12.9. The highest BCUT2D eigenvalue weighted by molar-refractivity contribution is 5.89. The highest BCUT2D eigenvalue weighted by Crippen LogP contribution is 2.34. The Morgan fingerprint density at radius 1 is 1.22 bits per heavy atom. The van der Waals surface area contributed by atoms with Crippen LogP contribution in [0.1, 0.15) is 12.5 Å². The maximum Gasteiger partial charge on any atom is 0.308 e. The molecule has 0 aliphatic carbocycles. The molecule has 0 spiro atoms. The van der Waals surface area contributed by atoms with Crippen LogP contribution in [-0.2, 0) is 11.3 Å². The van der Waals surface area contributed by atoms with Crippen molar-refractivity contribution in [1.29, 1.82) is 0 Å². The number of carbonyl (C=O) groups excluding carboxylic acids is 1. The van der Waals surface area contributed by atoms with Crippen LogP contribution in [-0.4, -0.2) is 13.0 Å². The number of carbonyl (C=O) groups is 1. The quantitative estimate of drug-likeness (QED) is 0.586. The van der Waals surface area contributed by atoms with E-state index in [1.807, 2.05) is 31.3 Å². The lowest BCUT2D eigenvalue weighted by Gasteiger charge is -2.02. The monoisotopic (exact) mass is 313 g/mol. The van der Waals surface area contributed by atoms with Crippen molar-refractivity contribution in [2.24, 2.45) is 0 Å². The number of furan rings is 1. The van der Waals surface area contributed by atoms with Gasteiger partial charge in [0, 0.05) is 30.5 Å². The molecule has 3 aromatic rings. The summed E-state index contributed by atoms with van der Waals surface area (Å²) in [5.41, 5.74) is 2.38. The SMILES string of the molecule is CNCc1ccc(-c2cc3cc(F)cc(OC(C)=O)c3o2)cc1. The Labute approximate surface area is 132 Å². The van der Waals surface area contributed by atoms with Crippen molar-refractivity contribution in [2.45, 2.75) is 13.5 Å². The molecule has 1 aromatic heterocycles. The molecule has 0 atom stereocenters. The summed E-state index contributed by atoms with van der Waals surface area (Å²) in [5.74, 6) is -0.322. The predicted octanol–water partition coefficient (Wildman–Crippen LogP) is 3.88. The lowest BCUT2D eigenvalue weighted by Crippen LogP contribution is -2.04. The van der Waals surface area contributed by atoms with Crippen LogP contribution in [0.15, 0.2) is 46.9 Å². The molecule has 5 heteroatoms. The topological polar surface area (TPSA) is 51.5 Å². The minimum atomic E-state index is -0.522. The molecule has 118 valence electrons. The lowest BCUT2D eigenvalue weighted by molar-refractivity contribution is -0.131. The van der Waals surface area contributed by atoms with E-state index in [1.165, 1.54) is 13.0 Å². The van der Waals surface area contributed by atoms with E-state index in [4.69, 9.17) is 9.15 Å². The summed E-state index contributed by atoms with van der Waals surface area (Å²) in [6, 6.07) is 12.1. The molecule has 0 fully saturated rings. The maximum absolute atomic E-state index is 13.7. The Morgan fingerprint density at radius 3 is 2.61 bits per heavy atom. The lowest BCUT2D eigenvalue weighted by atomic mass is 10.1. The number of fused-ring (bicyclic) bond motifs is 1. The van der Waals surface area contributed by atoms with Gasteiger partial charge in [-0.25, -0.2) is 4.39 Å². The zero-order chi connectivity index (χ0) is 16.4. The van der Waals surface area contributed by atoms with Crippen LogP contribution < -0.4 is 10.1 Å². The van der Waals surface area contributed by atoms with Gasteiger partial charge < -0.3 is 14.5 Å². The smallest absolute Gasteiger partial charge is 0.308 e. The fraction of sp³-hybridized carbons (Fsp3) is 0.167. The van der Waals surface area contributed by atoms with E-state index in [9.17, 15) is 9.18 Å². The van der Waals surface area contributed by atoms with Crippen molar-refractivity contribution in [2.75, 3.05) is 7.05 Å². The molecule has 0 aliphatic rings. The number of halogens is 1. The number of rotatable bonds is 4. The minimum Gasteiger partial charge on any atom is -0.452 e. The first-order chi connectivity index (χ1) is 11.1. The van der Waals surface area contributed by atoms with E-state index in [0.717, 1.165) is 23.7 Å². The highest BCUT2D eigenvalue weighted by Gasteiger charge is 2.14. The van der Waals surface area contributed by atoms with Gasteiger partial charge in [-0.1, -0.05) is 24.3 Å². The van der Waals surface area contributed by atoms with Crippen molar-refractivity contribution in [3.63, 3.8) is 0 Å². The molecule has 0 aliphatic heterocycles. The van der Waals surface area contributed by atoms with Crippen LogP contribution in [0.3, 0.4) is 0 Å². The average molecular weight is 313 g/mol. The number of hydrogen-bond donors (Lipinski definition) is 1. The van der Waals surface area contributed by atoms with Gasteiger partial charge in [-0.3, -0.25) is 4.79 Å². The number of esters is 1. The molecule has 3 rings (SSSR count). The predicted molar refractivity (Wildman–Crippen MR) is 85.7 cm³/mol. The van der Waals surface area contributed by atoms with Crippen LogP contribution in [0.4, 0.5) is 4.39 Å². The van der Waals surface area contributed by atoms with E-state index in [1.54, 1.807) is 6.07 Å². The molecule has 0 saturated heterocycles. The molecule has 4 nitrogen and oxygen atoms in total. The summed E-state index contributed by atoms with van der Waals surface area (Å²) < 4.78 is 24.5. The third-order valence-corrected chi connectivity index (χ3v) is 3.42. The Bertz CT molecular complexity index is 853. The van der Waals surface area contributed by atoms with E-state index in [0.29, 0.717) is 16.7 Å². The van der Waals surface area contributed by atoms with Gasteiger partial charge in [-0.15, -0.1) is 0 Å². The zero-order valence-corrected chi connectivity index (χ0v) is 12.9. The van der Waals surface area contributed by atoms with Crippen molar-refractivity contribution < 1.29 is 18.3 Å². The van der Waals surface area contributed by atoms with Crippen molar-refractivity contribution in [3.8, 4) is 17.1 Å². The fourth-order valence-electron chi connectivity index (χ4n) is 2.45. The van der Waals surface area contributed by atoms with Gasteiger partial charge in [0.2, 0.25) is 0 Å². The molecule has 0 amide bonds. The van der Waals surface area contributed by atoms with Crippen LogP contribution >= 0.6 is 0 Å². The Morgan fingerprint density at radius 2 is 1.96 bits per heavy atom. The van der Waals surface area contributed by atoms with E-state index < -0.39 is 11.8 Å². The first kappa shape index (κ1) is 15.2. The number of ether oxygens (including phenoxy) is 1. The first-order valence-electron chi connectivity index (χ1n) is 7.22. The largest absolute Gasteiger partial charge is 0.452 e. The van der Waals surface area contributed by atoms with E-state index in [-0.39, 0.29) is 5.75 Å². The molecule has 1 heterocycles. The van der Waals surface area contributed by atoms with Crippen molar-refractivity contribution in [3.05, 3.63) is 53.8 Å². The van der Waals surface area contributed by atoms with Gasteiger partial charge in [0.25, 0.3) is 0 Å². The number of hydrogen-bond acceptors (Lipinski definition) is 4. The molecule has 1 N–H and O–H groups in total. The Balaban J connectivity index is 2.03. The molecule has 0 radical (unpaired) electrons. The van der Waals surface area contributed by atoms with Crippen LogP contribution in [0.25, 0.3) is 22.3 Å². The highest BCUT2D eigenvalue weighted by atomic mass is 19.1. The molecule has 0 unspecified atom stereocenters. The van der Waals surface area contributed by atoms with Gasteiger partial charge >= 0.3 is 5.97 Å². The summed E-state index contributed by atoms with van der Waals surface area (Å²) >= 11 is 0. The molecular formula is C18H16FNO3. The van der Waals surface area contributed by atoms with Gasteiger partial charge in [0.05, 0.1) is 0 Å². The van der Waals surface area contributed by atoms with Gasteiger partial charge in [0.15, 0.2) is 11.3 Å². The van der Waals surface area contributed by atoms with Crippen LogP contribution in [0, 0.1) is 5.82 Å². The second kappa shape index (κ2) is 6.22. The minimum absolute atomic E-state index is 0.0885. The van der Waals surface area contributed by atoms with Gasteiger partial charge in [0.1, 0.15) is 11.6 Å². The molecular weight excluding hydrogens is 297 g/mol. The third-order valence-electron chi connectivity index (χ3n) is 3.42. The van der Waals surface area contributed by atoms with Crippen molar-refractivity contribution in [1.82, 2.24) is 5.32 Å². The third kappa shape index (κ3) is 3.24.